The van der Waals surface area contributed by atoms with Crippen LogP contribution < -0.4 is 25.7 Å². The fourth-order valence-electron chi connectivity index (χ4n) is 1.78. The largest absolute Gasteiger partial charge is 0.493 e. The minimum Gasteiger partial charge on any atom is -0.493 e. The molecule has 2 rings (SSSR count). The third kappa shape index (κ3) is 1.37. The van der Waals surface area contributed by atoms with Crippen molar-refractivity contribution in [1.29, 1.82) is 0 Å². The van der Waals surface area contributed by atoms with Crippen molar-refractivity contribution in [2.45, 2.75) is 0 Å². The molecule has 0 saturated carbocycles. The van der Waals surface area contributed by atoms with Gasteiger partial charge in [0.1, 0.15) is 0 Å². The van der Waals surface area contributed by atoms with Crippen molar-refractivity contribution >= 4 is 10.8 Å². The first-order valence-corrected chi connectivity index (χ1v) is 4.72. The van der Waals surface area contributed by atoms with Gasteiger partial charge in [-0.05, 0) is 12.1 Å². The first kappa shape index (κ1) is 11.1. The van der Waals surface area contributed by atoms with Crippen molar-refractivity contribution in [3.8, 4) is 11.5 Å². The van der Waals surface area contributed by atoms with Gasteiger partial charge in [0, 0.05) is 5.39 Å². The highest BCUT2D eigenvalue weighted by molar-refractivity contribution is 5.91. The zero-order valence-corrected chi connectivity index (χ0v) is 9.18. The van der Waals surface area contributed by atoms with Crippen LogP contribution in [0.1, 0.15) is 0 Å². The molecule has 0 amide bonds. The summed E-state index contributed by atoms with van der Waals surface area (Å²) in [6.07, 6.45) is 0. The molecule has 0 unspecified atom stereocenters. The molecule has 17 heavy (non-hydrogen) atoms. The van der Waals surface area contributed by atoms with Crippen LogP contribution in [0.15, 0.2) is 26.9 Å². The van der Waals surface area contributed by atoms with Crippen LogP contribution in [0.5, 0.6) is 11.5 Å². The fraction of sp³-hybridized carbons (Fsp3) is 0.182. The van der Waals surface area contributed by atoms with Crippen LogP contribution in [-0.2, 0) is 0 Å². The van der Waals surface area contributed by atoms with Gasteiger partial charge in [-0.3, -0.25) is 9.59 Å². The Balaban J connectivity index is 3.12. The van der Waals surface area contributed by atoms with E-state index in [2.05, 4.69) is 5.16 Å². The normalized spacial score (nSPS) is 12.0. The molecule has 0 aromatic heterocycles. The minimum atomic E-state index is -0.664. The average molecular weight is 235 g/mol. The van der Waals surface area contributed by atoms with Crippen molar-refractivity contribution < 1.29 is 14.7 Å². The van der Waals surface area contributed by atoms with Gasteiger partial charge in [0.15, 0.2) is 16.9 Å². The van der Waals surface area contributed by atoms with E-state index < -0.39 is 16.2 Å². The van der Waals surface area contributed by atoms with Crippen LogP contribution in [0.2, 0.25) is 0 Å². The molecule has 88 valence electrons. The first-order valence-electron chi connectivity index (χ1n) is 4.72. The van der Waals surface area contributed by atoms with Crippen LogP contribution in [0.4, 0.5) is 0 Å². The zero-order chi connectivity index (χ0) is 12.6. The van der Waals surface area contributed by atoms with Crippen LogP contribution >= 0.6 is 0 Å². The Hall–Kier alpha value is -2.37. The Labute approximate surface area is 95.0 Å². The van der Waals surface area contributed by atoms with E-state index in [1.165, 1.54) is 26.4 Å². The molecule has 0 heterocycles. The number of nitrogens with zero attached hydrogens (tertiary/aromatic N) is 1. The number of benzene rings is 1. The van der Waals surface area contributed by atoms with Gasteiger partial charge in [-0.15, -0.1) is 0 Å². The van der Waals surface area contributed by atoms with E-state index in [9.17, 15) is 9.59 Å². The molecule has 0 fully saturated rings. The average Bonchev–Trinajstić information content (AvgIpc) is 2.60. The molecule has 0 saturated heterocycles. The van der Waals surface area contributed by atoms with Crippen molar-refractivity contribution in [2.24, 2.45) is 5.16 Å². The lowest BCUT2D eigenvalue weighted by Crippen LogP contribution is -2.31. The molecule has 1 N–H and O–H groups in total. The topological polar surface area (TPSA) is 85.2 Å². The van der Waals surface area contributed by atoms with Crippen LogP contribution in [-0.4, -0.2) is 19.4 Å². The summed E-state index contributed by atoms with van der Waals surface area (Å²) in [6, 6.07) is 2.96. The van der Waals surface area contributed by atoms with E-state index in [4.69, 9.17) is 14.7 Å². The highest BCUT2D eigenvalue weighted by Crippen LogP contribution is 2.31. The van der Waals surface area contributed by atoms with Gasteiger partial charge in [0.25, 0.3) is 0 Å². The van der Waals surface area contributed by atoms with Gasteiger partial charge in [-0.25, -0.2) is 0 Å². The Morgan fingerprint density at radius 3 is 2.35 bits per heavy atom. The minimum absolute atomic E-state index is 0.0737. The van der Waals surface area contributed by atoms with Crippen LogP contribution in [0.3, 0.4) is 0 Å². The molecule has 0 radical (unpaired) electrons. The second-order valence-corrected chi connectivity index (χ2v) is 3.33. The maximum atomic E-state index is 11.8. The zero-order valence-electron chi connectivity index (χ0n) is 9.18. The fourth-order valence-corrected chi connectivity index (χ4v) is 1.78. The predicted octanol–water partition coefficient (Wildman–Crippen LogP) is -0.257. The summed E-state index contributed by atoms with van der Waals surface area (Å²) in [5.74, 6) is 0.508. The summed E-state index contributed by atoms with van der Waals surface area (Å²) in [6.45, 7) is 0. The lowest BCUT2D eigenvalue weighted by atomic mass is 10.2. The molecule has 0 aliphatic carbocycles. The molecule has 2 aromatic rings. The van der Waals surface area contributed by atoms with Gasteiger partial charge < -0.3 is 14.7 Å². The SMILES string of the molecule is COc1ccc2c(=O)/c(=N/O)c(=O)c2c1OC. The molecular formula is C11H9NO5. The summed E-state index contributed by atoms with van der Waals surface area (Å²) < 4.78 is 10.1. The Bertz CT molecular complexity index is 725. The number of hydrogen-bond acceptors (Lipinski definition) is 6. The maximum absolute atomic E-state index is 11.8. The molecular weight excluding hydrogens is 226 g/mol. The number of rotatable bonds is 2. The van der Waals surface area contributed by atoms with E-state index in [1.54, 1.807) is 0 Å². The molecule has 0 aliphatic rings. The summed E-state index contributed by atoms with van der Waals surface area (Å²) >= 11 is 0. The number of ether oxygens (including phenoxy) is 2. The highest BCUT2D eigenvalue weighted by atomic mass is 16.5. The highest BCUT2D eigenvalue weighted by Gasteiger charge is 2.18. The molecule has 0 bridgehead atoms. The van der Waals surface area contributed by atoms with E-state index >= 15 is 0 Å². The summed E-state index contributed by atoms with van der Waals surface area (Å²) in [5.41, 5.74) is -1.28. The number of fused-ring (bicyclic) bond motifs is 1. The Morgan fingerprint density at radius 2 is 1.82 bits per heavy atom. The van der Waals surface area contributed by atoms with E-state index in [0.717, 1.165) is 0 Å². The molecule has 2 aromatic carbocycles. The van der Waals surface area contributed by atoms with Crippen molar-refractivity contribution in [2.75, 3.05) is 14.2 Å². The summed E-state index contributed by atoms with van der Waals surface area (Å²) in [5, 5.41) is 11.1. The molecule has 0 aliphatic heterocycles. The summed E-state index contributed by atoms with van der Waals surface area (Å²) in [7, 11) is 2.79. The smallest absolute Gasteiger partial charge is 0.223 e. The second-order valence-electron chi connectivity index (χ2n) is 3.33. The monoisotopic (exact) mass is 235 g/mol. The second kappa shape index (κ2) is 3.89. The lowest BCUT2D eigenvalue weighted by molar-refractivity contribution is 0.301. The van der Waals surface area contributed by atoms with Gasteiger partial charge in [-0.2, -0.15) is 0 Å². The molecule has 6 nitrogen and oxygen atoms in total. The van der Waals surface area contributed by atoms with Crippen LogP contribution in [0, 0.1) is 0 Å². The third-order valence-corrected chi connectivity index (χ3v) is 2.55. The third-order valence-electron chi connectivity index (χ3n) is 2.55. The van der Waals surface area contributed by atoms with E-state index in [1.807, 2.05) is 0 Å². The molecule has 6 heteroatoms. The van der Waals surface area contributed by atoms with Gasteiger partial charge in [-0.1, -0.05) is 5.16 Å². The lowest BCUT2D eigenvalue weighted by Gasteiger charge is -2.07. The first-order chi connectivity index (χ1) is 8.15. The van der Waals surface area contributed by atoms with Crippen molar-refractivity contribution in [1.82, 2.24) is 0 Å². The maximum Gasteiger partial charge on any atom is 0.223 e. The van der Waals surface area contributed by atoms with E-state index in [-0.39, 0.29) is 16.5 Å². The van der Waals surface area contributed by atoms with Crippen LogP contribution in [0.25, 0.3) is 10.8 Å². The Morgan fingerprint density at radius 1 is 1.12 bits per heavy atom. The summed E-state index contributed by atoms with van der Waals surface area (Å²) in [4.78, 5) is 23.5. The molecule has 0 atom stereocenters. The Kier molecular flexibility index (Phi) is 2.55. The van der Waals surface area contributed by atoms with Gasteiger partial charge >= 0.3 is 0 Å². The number of methoxy groups -OCH3 is 2. The standard InChI is InChI=1S/C11H9NO5/c1-16-6-4-3-5-7(11(6)17-2)10(14)8(12-15)9(5)13/h3-4,15H,1-2H3/b12-8-. The predicted molar refractivity (Wildman–Crippen MR) is 59.3 cm³/mol. The van der Waals surface area contributed by atoms with Crippen molar-refractivity contribution in [3.05, 3.63) is 37.9 Å². The molecule has 0 spiro atoms. The number of hydrogen-bond donors (Lipinski definition) is 1. The van der Waals surface area contributed by atoms with Crippen molar-refractivity contribution in [3.63, 3.8) is 0 Å². The van der Waals surface area contributed by atoms with Gasteiger partial charge in [0.2, 0.25) is 10.9 Å². The van der Waals surface area contributed by atoms with E-state index in [0.29, 0.717) is 5.75 Å². The van der Waals surface area contributed by atoms with Gasteiger partial charge in [0.05, 0.1) is 19.6 Å². The quantitative estimate of drug-likeness (QED) is 0.572.